The van der Waals surface area contributed by atoms with Crippen LogP contribution in [0.3, 0.4) is 0 Å². The van der Waals surface area contributed by atoms with Crippen LogP contribution in [0.15, 0.2) is 12.5 Å². The lowest BCUT2D eigenvalue weighted by Gasteiger charge is -2.21. The van der Waals surface area contributed by atoms with Crippen LogP contribution in [0.5, 0.6) is 0 Å². The van der Waals surface area contributed by atoms with Crippen molar-refractivity contribution in [2.75, 3.05) is 18.0 Å². The van der Waals surface area contributed by atoms with Crippen LogP contribution in [0.25, 0.3) is 0 Å². The highest BCUT2D eigenvalue weighted by Crippen LogP contribution is 2.37. The van der Waals surface area contributed by atoms with Gasteiger partial charge in [-0.3, -0.25) is 0 Å². The predicted octanol–water partition coefficient (Wildman–Crippen LogP) is 2.58. The second-order valence-corrected chi connectivity index (χ2v) is 5.46. The summed E-state index contributed by atoms with van der Waals surface area (Å²) in [4.78, 5) is 10.2. The van der Waals surface area contributed by atoms with Gasteiger partial charge in [-0.2, -0.15) is 0 Å². The summed E-state index contributed by atoms with van der Waals surface area (Å²) in [6.45, 7) is 5.96. The number of rotatable bonds is 1. The molecular weight excluding hydrogens is 233 g/mol. The van der Waals surface area contributed by atoms with Gasteiger partial charge in [0.1, 0.15) is 11.3 Å². The highest BCUT2D eigenvalue weighted by Gasteiger charge is 2.39. The van der Waals surface area contributed by atoms with Gasteiger partial charge in [0.2, 0.25) is 0 Å². The molecule has 15 heavy (non-hydrogen) atoms. The molecule has 0 saturated carbocycles. The summed E-state index contributed by atoms with van der Waals surface area (Å²) in [5.74, 6) is 0.780. The molecule has 2 heterocycles. The predicted molar refractivity (Wildman–Crippen MR) is 62.7 cm³/mol. The summed E-state index contributed by atoms with van der Waals surface area (Å²) < 4.78 is 0. The van der Waals surface area contributed by atoms with Crippen molar-refractivity contribution in [3.63, 3.8) is 0 Å². The van der Waals surface area contributed by atoms with E-state index in [-0.39, 0.29) is 10.8 Å². The summed E-state index contributed by atoms with van der Waals surface area (Å²) in [6.07, 6.45) is 3.12. The van der Waals surface area contributed by atoms with Crippen molar-refractivity contribution in [2.24, 2.45) is 5.41 Å². The minimum atomic E-state index is 0.0931. The van der Waals surface area contributed by atoms with E-state index in [0.29, 0.717) is 5.02 Å². The summed E-state index contributed by atoms with van der Waals surface area (Å²) in [5.41, 5.74) is 0.0931. The van der Waals surface area contributed by atoms with Gasteiger partial charge in [0.15, 0.2) is 5.82 Å². The fraction of sp³-hybridized carbons (Fsp3) is 0.600. The molecule has 0 N–H and O–H groups in total. The number of alkyl halides is 1. The highest BCUT2D eigenvalue weighted by molar-refractivity contribution is 6.32. The number of anilines is 1. The lowest BCUT2D eigenvalue weighted by Crippen LogP contribution is -2.24. The molecule has 2 rings (SSSR count). The summed E-state index contributed by atoms with van der Waals surface area (Å²) in [7, 11) is 0. The maximum Gasteiger partial charge on any atom is 0.150 e. The van der Waals surface area contributed by atoms with Gasteiger partial charge in [-0.25, -0.2) is 9.97 Å². The van der Waals surface area contributed by atoms with E-state index >= 15 is 0 Å². The van der Waals surface area contributed by atoms with Crippen molar-refractivity contribution >= 4 is 29.0 Å². The topological polar surface area (TPSA) is 29.0 Å². The van der Waals surface area contributed by atoms with Crippen LogP contribution in [0, 0.1) is 5.41 Å². The molecule has 1 fully saturated rings. The van der Waals surface area contributed by atoms with Gasteiger partial charge in [0.05, 0.1) is 11.6 Å². The molecule has 0 spiro atoms. The van der Waals surface area contributed by atoms with E-state index in [0.717, 1.165) is 18.9 Å². The molecule has 0 amide bonds. The minimum Gasteiger partial charge on any atom is -0.353 e. The first-order valence-corrected chi connectivity index (χ1v) is 5.67. The standard InChI is InChI=1S/C10H13Cl2N3/c1-10(2)5-15(4-8(10)12)9-7(11)3-13-6-14-9/h3,6,8H,4-5H2,1-2H3. The molecular formula is C10H13Cl2N3. The smallest absolute Gasteiger partial charge is 0.150 e. The Morgan fingerprint density at radius 1 is 1.53 bits per heavy atom. The Morgan fingerprint density at radius 3 is 2.80 bits per heavy atom. The van der Waals surface area contributed by atoms with Gasteiger partial charge < -0.3 is 4.90 Å². The first-order valence-electron chi connectivity index (χ1n) is 4.85. The number of halogens is 2. The van der Waals surface area contributed by atoms with Crippen LogP contribution in [-0.4, -0.2) is 28.4 Å². The zero-order valence-electron chi connectivity index (χ0n) is 8.74. The van der Waals surface area contributed by atoms with Crippen LogP contribution >= 0.6 is 23.2 Å². The van der Waals surface area contributed by atoms with Crippen molar-refractivity contribution in [1.29, 1.82) is 0 Å². The Balaban J connectivity index is 2.25. The van der Waals surface area contributed by atoms with E-state index in [1.807, 2.05) is 0 Å². The summed E-state index contributed by atoms with van der Waals surface area (Å²) in [6, 6.07) is 0. The number of nitrogens with zero attached hydrogens (tertiary/aromatic N) is 3. The van der Waals surface area contributed by atoms with E-state index in [1.165, 1.54) is 6.33 Å². The van der Waals surface area contributed by atoms with Crippen LogP contribution in [0.2, 0.25) is 5.02 Å². The molecule has 0 radical (unpaired) electrons. The Labute approximate surface area is 99.4 Å². The molecule has 1 saturated heterocycles. The zero-order valence-corrected chi connectivity index (χ0v) is 10.3. The van der Waals surface area contributed by atoms with E-state index in [1.54, 1.807) is 6.20 Å². The monoisotopic (exact) mass is 245 g/mol. The van der Waals surface area contributed by atoms with E-state index in [4.69, 9.17) is 23.2 Å². The van der Waals surface area contributed by atoms with Crippen LogP contribution in [0.1, 0.15) is 13.8 Å². The van der Waals surface area contributed by atoms with Crippen LogP contribution in [0.4, 0.5) is 5.82 Å². The largest absolute Gasteiger partial charge is 0.353 e. The van der Waals surface area contributed by atoms with Crippen molar-refractivity contribution in [1.82, 2.24) is 9.97 Å². The molecule has 1 aliphatic heterocycles. The number of hydrogen-bond acceptors (Lipinski definition) is 3. The quantitative estimate of drug-likeness (QED) is 0.713. The first kappa shape index (κ1) is 11.0. The van der Waals surface area contributed by atoms with Gasteiger partial charge >= 0.3 is 0 Å². The molecule has 0 aliphatic carbocycles. The van der Waals surface area contributed by atoms with Gasteiger partial charge in [-0.15, -0.1) is 11.6 Å². The maximum absolute atomic E-state index is 6.27. The number of aromatic nitrogens is 2. The average molecular weight is 246 g/mol. The molecule has 82 valence electrons. The van der Waals surface area contributed by atoms with Crippen LogP contribution in [-0.2, 0) is 0 Å². The summed E-state index contributed by atoms with van der Waals surface area (Å²) in [5, 5.41) is 0.711. The molecule has 0 bridgehead atoms. The zero-order chi connectivity index (χ0) is 11.1. The fourth-order valence-corrected chi connectivity index (χ4v) is 2.26. The SMILES string of the molecule is CC1(C)CN(c2ncncc2Cl)CC1Cl. The molecule has 1 aliphatic rings. The third kappa shape index (κ3) is 2.04. The Hall–Kier alpha value is -0.540. The average Bonchev–Trinajstić information content (AvgIpc) is 2.42. The van der Waals surface area contributed by atoms with E-state index < -0.39 is 0 Å². The molecule has 1 aromatic heterocycles. The van der Waals surface area contributed by atoms with Crippen molar-refractivity contribution in [2.45, 2.75) is 19.2 Å². The molecule has 0 aromatic carbocycles. The molecule has 1 aromatic rings. The Kier molecular flexibility index (Phi) is 2.77. The van der Waals surface area contributed by atoms with E-state index in [9.17, 15) is 0 Å². The first-order chi connectivity index (χ1) is 7.00. The van der Waals surface area contributed by atoms with Gasteiger partial charge in [0.25, 0.3) is 0 Å². The second kappa shape index (κ2) is 3.80. The van der Waals surface area contributed by atoms with E-state index in [2.05, 4.69) is 28.7 Å². The second-order valence-electron chi connectivity index (χ2n) is 4.53. The Morgan fingerprint density at radius 2 is 2.27 bits per heavy atom. The van der Waals surface area contributed by atoms with Gasteiger partial charge in [-0.05, 0) is 0 Å². The van der Waals surface area contributed by atoms with Crippen molar-refractivity contribution in [3.05, 3.63) is 17.5 Å². The third-order valence-corrected chi connectivity index (χ3v) is 3.77. The molecule has 3 nitrogen and oxygen atoms in total. The maximum atomic E-state index is 6.27. The lowest BCUT2D eigenvalue weighted by molar-refractivity contribution is 0.425. The minimum absolute atomic E-state index is 0.0931. The van der Waals surface area contributed by atoms with Crippen molar-refractivity contribution in [3.8, 4) is 0 Å². The fourth-order valence-electron chi connectivity index (χ4n) is 1.80. The molecule has 1 unspecified atom stereocenters. The normalized spacial score (nSPS) is 24.5. The number of hydrogen-bond donors (Lipinski definition) is 0. The molecule has 1 atom stereocenters. The summed E-state index contributed by atoms with van der Waals surface area (Å²) >= 11 is 12.3. The molecule has 5 heteroatoms. The highest BCUT2D eigenvalue weighted by atomic mass is 35.5. The Bertz CT molecular complexity index is 367. The van der Waals surface area contributed by atoms with Crippen molar-refractivity contribution < 1.29 is 0 Å². The van der Waals surface area contributed by atoms with Crippen LogP contribution < -0.4 is 4.90 Å². The van der Waals surface area contributed by atoms with Gasteiger partial charge in [0, 0.05) is 18.5 Å². The third-order valence-electron chi connectivity index (χ3n) is 2.77. The van der Waals surface area contributed by atoms with Gasteiger partial charge in [-0.1, -0.05) is 25.4 Å². The lowest BCUT2D eigenvalue weighted by atomic mass is 9.92.